The van der Waals surface area contributed by atoms with Crippen LogP contribution in [-0.2, 0) is 4.74 Å². The highest BCUT2D eigenvalue weighted by atomic mass is 16.6. The normalized spacial score (nSPS) is 21.8. The fraction of sp³-hybridized carbons (Fsp3) is 0.538. The summed E-state index contributed by atoms with van der Waals surface area (Å²) in [4.78, 5) is 12.6. The van der Waals surface area contributed by atoms with E-state index in [0.717, 1.165) is 0 Å². The van der Waals surface area contributed by atoms with Gasteiger partial charge in [-0.3, -0.25) is 10.1 Å². The van der Waals surface area contributed by atoms with Gasteiger partial charge in [0.1, 0.15) is 11.4 Å². The van der Waals surface area contributed by atoms with Gasteiger partial charge in [-0.05, 0) is 26.0 Å². The van der Waals surface area contributed by atoms with Crippen molar-refractivity contribution >= 4 is 17.1 Å². The number of nitro benzene ring substituents is 1. The summed E-state index contributed by atoms with van der Waals surface area (Å²) >= 11 is 0. The zero-order valence-corrected chi connectivity index (χ0v) is 11.6. The highest BCUT2D eigenvalue weighted by Crippen LogP contribution is 2.36. The van der Waals surface area contributed by atoms with E-state index >= 15 is 0 Å². The maximum atomic E-state index is 11.2. The lowest BCUT2D eigenvalue weighted by Gasteiger charge is -2.43. The molecule has 0 amide bonds. The van der Waals surface area contributed by atoms with E-state index in [4.69, 9.17) is 10.5 Å². The van der Waals surface area contributed by atoms with E-state index in [2.05, 4.69) is 0 Å². The van der Waals surface area contributed by atoms with Gasteiger partial charge in [0, 0.05) is 13.1 Å². The Labute approximate surface area is 117 Å². The van der Waals surface area contributed by atoms with Crippen molar-refractivity contribution in [2.75, 3.05) is 30.3 Å². The Morgan fingerprint density at radius 1 is 1.60 bits per heavy atom. The van der Waals surface area contributed by atoms with Crippen molar-refractivity contribution in [1.82, 2.24) is 0 Å². The van der Waals surface area contributed by atoms with Crippen molar-refractivity contribution in [3.63, 3.8) is 0 Å². The molecule has 110 valence electrons. The summed E-state index contributed by atoms with van der Waals surface area (Å²) < 4.78 is 5.71. The highest BCUT2D eigenvalue weighted by molar-refractivity contribution is 5.75. The topological polar surface area (TPSA) is 102 Å². The maximum Gasteiger partial charge on any atom is 0.315 e. The van der Waals surface area contributed by atoms with Crippen LogP contribution in [0.3, 0.4) is 0 Å². The highest BCUT2D eigenvalue weighted by Gasteiger charge is 2.35. The molecule has 1 aliphatic rings. The van der Waals surface area contributed by atoms with Crippen molar-refractivity contribution in [3.05, 3.63) is 28.3 Å². The molecular formula is C13H19N3O4. The predicted octanol–water partition coefficient (Wildman–Crippen LogP) is 1.15. The Hall–Kier alpha value is -1.86. The summed E-state index contributed by atoms with van der Waals surface area (Å²) in [6, 6.07) is 4.87. The molecule has 7 heteroatoms. The van der Waals surface area contributed by atoms with Crippen LogP contribution in [0.5, 0.6) is 0 Å². The van der Waals surface area contributed by atoms with Crippen LogP contribution in [0.25, 0.3) is 0 Å². The molecule has 1 aromatic rings. The summed E-state index contributed by atoms with van der Waals surface area (Å²) in [6.07, 6.45) is -0.375. The number of morpholine rings is 1. The minimum absolute atomic E-state index is 0.0955. The minimum atomic E-state index is -0.496. The molecule has 1 aromatic carbocycles. The van der Waals surface area contributed by atoms with Gasteiger partial charge in [0.05, 0.1) is 23.2 Å². The molecule has 0 aliphatic carbocycles. The van der Waals surface area contributed by atoms with Crippen molar-refractivity contribution in [2.45, 2.75) is 25.6 Å². The number of hydrogen-bond acceptors (Lipinski definition) is 6. The fourth-order valence-electron chi connectivity index (χ4n) is 2.58. The van der Waals surface area contributed by atoms with Crippen LogP contribution < -0.4 is 10.6 Å². The van der Waals surface area contributed by atoms with Gasteiger partial charge >= 0.3 is 5.69 Å². The first-order chi connectivity index (χ1) is 9.34. The van der Waals surface area contributed by atoms with Gasteiger partial charge in [-0.15, -0.1) is 0 Å². The van der Waals surface area contributed by atoms with Crippen molar-refractivity contribution in [3.8, 4) is 0 Å². The lowest BCUT2D eigenvalue weighted by atomic mass is 10.0. The average Bonchev–Trinajstić information content (AvgIpc) is 2.36. The van der Waals surface area contributed by atoms with E-state index in [9.17, 15) is 15.2 Å². The third kappa shape index (κ3) is 2.83. The van der Waals surface area contributed by atoms with Gasteiger partial charge < -0.3 is 20.5 Å². The first-order valence-corrected chi connectivity index (χ1v) is 6.40. The molecule has 1 atom stereocenters. The lowest BCUT2D eigenvalue weighted by Crippen LogP contribution is -2.54. The van der Waals surface area contributed by atoms with Crippen LogP contribution in [0.1, 0.15) is 13.8 Å². The van der Waals surface area contributed by atoms with Crippen LogP contribution in [0.15, 0.2) is 18.2 Å². The quantitative estimate of drug-likeness (QED) is 0.489. The van der Waals surface area contributed by atoms with Gasteiger partial charge in [0.2, 0.25) is 0 Å². The van der Waals surface area contributed by atoms with Gasteiger partial charge in [-0.25, -0.2) is 0 Å². The Bertz CT molecular complexity index is 518. The van der Waals surface area contributed by atoms with Gasteiger partial charge in [0.25, 0.3) is 0 Å². The van der Waals surface area contributed by atoms with Gasteiger partial charge in [-0.2, -0.15) is 0 Å². The van der Waals surface area contributed by atoms with Crippen LogP contribution in [0.4, 0.5) is 17.1 Å². The second-order valence-electron chi connectivity index (χ2n) is 5.53. The summed E-state index contributed by atoms with van der Waals surface area (Å²) in [5.74, 6) is 0. The van der Waals surface area contributed by atoms with E-state index in [1.807, 2.05) is 18.7 Å². The number of nitrogen functional groups attached to an aromatic ring is 1. The second-order valence-corrected chi connectivity index (χ2v) is 5.53. The zero-order valence-electron chi connectivity index (χ0n) is 11.6. The monoisotopic (exact) mass is 281 g/mol. The molecule has 2 rings (SSSR count). The summed E-state index contributed by atoms with van der Waals surface area (Å²) in [5.41, 5.74) is 5.72. The molecule has 0 aromatic heterocycles. The third-order valence-electron chi connectivity index (χ3n) is 3.25. The number of anilines is 2. The molecule has 7 nitrogen and oxygen atoms in total. The Morgan fingerprint density at radius 3 is 2.90 bits per heavy atom. The third-order valence-corrected chi connectivity index (χ3v) is 3.25. The number of hydrogen-bond donors (Lipinski definition) is 2. The number of benzene rings is 1. The Morgan fingerprint density at radius 2 is 2.30 bits per heavy atom. The molecule has 0 saturated carbocycles. The number of para-hydroxylation sites is 1. The van der Waals surface area contributed by atoms with Crippen molar-refractivity contribution < 1.29 is 14.8 Å². The smallest absolute Gasteiger partial charge is 0.315 e. The number of ether oxygens (including phenoxy) is 1. The van der Waals surface area contributed by atoms with Crippen molar-refractivity contribution in [1.29, 1.82) is 0 Å². The molecule has 1 fully saturated rings. The van der Waals surface area contributed by atoms with E-state index in [1.54, 1.807) is 12.1 Å². The molecule has 0 bridgehead atoms. The Kier molecular flexibility index (Phi) is 3.82. The number of aliphatic hydroxyl groups is 1. The Balaban J connectivity index is 2.40. The molecule has 0 radical (unpaired) electrons. The summed E-state index contributed by atoms with van der Waals surface area (Å²) in [7, 11) is 0. The van der Waals surface area contributed by atoms with Crippen LogP contribution in [0, 0.1) is 10.1 Å². The van der Waals surface area contributed by atoms with Crippen LogP contribution in [0.2, 0.25) is 0 Å². The molecule has 20 heavy (non-hydrogen) atoms. The SMILES string of the molecule is CC1(C)CN(c2cccc(N)c2[N+](=O)[O-])CC(CO)O1. The average molecular weight is 281 g/mol. The number of nitrogens with two attached hydrogens (primary N) is 1. The molecule has 0 spiro atoms. The largest absolute Gasteiger partial charge is 0.394 e. The molecular weight excluding hydrogens is 262 g/mol. The molecule has 1 saturated heterocycles. The fourth-order valence-corrected chi connectivity index (χ4v) is 2.58. The van der Waals surface area contributed by atoms with Crippen LogP contribution in [-0.4, -0.2) is 41.4 Å². The van der Waals surface area contributed by atoms with Gasteiger partial charge in [0.15, 0.2) is 0 Å². The first kappa shape index (κ1) is 14.5. The number of nitro groups is 1. The number of aliphatic hydroxyl groups excluding tert-OH is 1. The number of nitrogens with zero attached hydrogens (tertiary/aromatic N) is 2. The van der Waals surface area contributed by atoms with Crippen molar-refractivity contribution in [2.24, 2.45) is 0 Å². The lowest BCUT2D eigenvalue weighted by molar-refractivity contribution is -0.383. The van der Waals surface area contributed by atoms with E-state index in [-0.39, 0.29) is 24.1 Å². The molecule has 3 N–H and O–H groups in total. The maximum absolute atomic E-state index is 11.2. The first-order valence-electron chi connectivity index (χ1n) is 6.40. The predicted molar refractivity (Wildman–Crippen MR) is 75.8 cm³/mol. The minimum Gasteiger partial charge on any atom is -0.394 e. The summed E-state index contributed by atoms with van der Waals surface area (Å²) in [5, 5.41) is 20.5. The standard InChI is InChI=1S/C13H19N3O4/c1-13(2)8-15(6-9(7-17)20-13)11-5-3-4-10(14)12(11)16(18)19/h3-5,9,17H,6-8,14H2,1-2H3. The zero-order chi connectivity index (χ0) is 14.9. The van der Waals surface area contributed by atoms with E-state index in [0.29, 0.717) is 18.8 Å². The number of rotatable bonds is 3. The van der Waals surface area contributed by atoms with E-state index in [1.165, 1.54) is 6.07 Å². The molecule has 1 heterocycles. The van der Waals surface area contributed by atoms with Crippen LogP contribution >= 0.6 is 0 Å². The summed E-state index contributed by atoms with van der Waals surface area (Å²) in [6.45, 7) is 4.54. The van der Waals surface area contributed by atoms with E-state index < -0.39 is 10.5 Å². The second kappa shape index (κ2) is 5.26. The van der Waals surface area contributed by atoms with Gasteiger partial charge in [-0.1, -0.05) is 6.07 Å². The molecule has 1 aliphatic heterocycles. The molecule has 1 unspecified atom stereocenters.